The topological polar surface area (TPSA) is 62.7 Å². The van der Waals surface area contributed by atoms with Crippen molar-refractivity contribution in [3.8, 4) is 5.75 Å². The van der Waals surface area contributed by atoms with Gasteiger partial charge < -0.3 is 15.4 Å². The quantitative estimate of drug-likeness (QED) is 0.830. The molecule has 0 bridgehead atoms. The van der Waals surface area contributed by atoms with Gasteiger partial charge in [0.05, 0.1) is 12.7 Å². The fourth-order valence-electron chi connectivity index (χ4n) is 2.98. The monoisotopic (exact) mass is 381 g/mol. The van der Waals surface area contributed by atoms with Gasteiger partial charge in [-0.1, -0.05) is 42.1 Å². The molecule has 2 aromatic carbocycles. The number of carbonyl (C=O) groups is 1. The van der Waals surface area contributed by atoms with Gasteiger partial charge >= 0.3 is 0 Å². The minimum absolute atomic E-state index is 0.154. The molecule has 27 heavy (non-hydrogen) atoms. The largest absolute Gasteiger partial charge is 0.497 e. The summed E-state index contributed by atoms with van der Waals surface area (Å²) < 4.78 is 5.24. The van der Waals surface area contributed by atoms with Crippen LogP contribution in [0, 0.1) is 6.92 Å². The average Bonchev–Trinajstić information content (AvgIpc) is 2.69. The van der Waals surface area contributed by atoms with E-state index < -0.39 is 0 Å². The van der Waals surface area contributed by atoms with Crippen molar-refractivity contribution in [2.45, 2.75) is 19.9 Å². The van der Waals surface area contributed by atoms with Gasteiger partial charge in [0.25, 0.3) is 5.91 Å². The van der Waals surface area contributed by atoms with Crippen molar-refractivity contribution in [1.82, 2.24) is 5.32 Å². The molecule has 5 nitrogen and oxygen atoms in total. The highest BCUT2D eigenvalue weighted by Gasteiger charge is 2.29. The number of nitrogens with one attached hydrogen (secondary N) is 2. The standard InChI is InChI=1S/C21H23N3O2S/c1-13-7-5-6-8-17(13)23-20(25)18-14(2)22-21(27-4)24-19(18)15-9-11-16(26-3)12-10-15/h5-12,19H,1-4H3,(H,22,24)(H,23,25)/t19-/m0/s1. The molecule has 1 heterocycles. The highest BCUT2D eigenvalue weighted by Crippen LogP contribution is 2.33. The number of amidine groups is 1. The maximum atomic E-state index is 13.1. The number of aryl methyl sites for hydroxylation is 1. The zero-order chi connectivity index (χ0) is 19.4. The number of para-hydroxylation sites is 1. The van der Waals surface area contributed by atoms with E-state index in [0.717, 1.165) is 33.4 Å². The van der Waals surface area contributed by atoms with Crippen molar-refractivity contribution >= 4 is 28.5 Å². The number of nitrogens with zero attached hydrogens (tertiary/aromatic N) is 1. The number of allylic oxidation sites excluding steroid dienone is 1. The van der Waals surface area contributed by atoms with Crippen LogP contribution >= 0.6 is 11.8 Å². The first kappa shape index (κ1) is 19.0. The van der Waals surface area contributed by atoms with Crippen LogP contribution in [-0.2, 0) is 4.79 Å². The third-order valence-corrected chi connectivity index (χ3v) is 5.08. The highest BCUT2D eigenvalue weighted by atomic mass is 32.2. The zero-order valence-electron chi connectivity index (χ0n) is 15.9. The smallest absolute Gasteiger partial charge is 0.255 e. The third-order valence-electron chi connectivity index (χ3n) is 4.48. The maximum absolute atomic E-state index is 13.1. The van der Waals surface area contributed by atoms with Crippen LogP contribution in [0.3, 0.4) is 0 Å². The van der Waals surface area contributed by atoms with E-state index in [-0.39, 0.29) is 11.9 Å². The lowest BCUT2D eigenvalue weighted by Gasteiger charge is -2.26. The van der Waals surface area contributed by atoms with Gasteiger partial charge in [-0.3, -0.25) is 4.79 Å². The first-order valence-corrected chi connectivity index (χ1v) is 9.86. The van der Waals surface area contributed by atoms with E-state index >= 15 is 0 Å². The molecule has 2 N–H and O–H groups in total. The number of carbonyl (C=O) groups excluding carboxylic acids is 1. The van der Waals surface area contributed by atoms with Crippen LogP contribution in [0.5, 0.6) is 5.75 Å². The molecule has 3 rings (SSSR count). The lowest BCUT2D eigenvalue weighted by atomic mass is 9.95. The van der Waals surface area contributed by atoms with Crippen LogP contribution in [0.15, 0.2) is 64.8 Å². The molecule has 0 spiro atoms. The molecule has 0 aromatic heterocycles. The van der Waals surface area contributed by atoms with Crippen LogP contribution in [0.4, 0.5) is 5.69 Å². The Morgan fingerprint density at radius 3 is 2.48 bits per heavy atom. The van der Waals surface area contributed by atoms with E-state index in [4.69, 9.17) is 9.73 Å². The second kappa shape index (κ2) is 8.31. The van der Waals surface area contributed by atoms with Crippen molar-refractivity contribution in [3.05, 3.63) is 70.9 Å². The Morgan fingerprint density at radius 2 is 1.85 bits per heavy atom. The van der Waals surface area contributed by atoms with Crippen molar-refractivity contribution in [2.24, 2.45) is 4.99 Å². The summed E-state index contributed by atoms with van der Waals surface area (Å²) in [5.74, 6) is 0.618. The SMILES string of the molecule is COc1ccc([C@@H]2N=C(SC)NC(C)=C2C(=O)Nc2ccccc2C)cc1. The summed E-state index contributed by atoms with van der Waals surface area (Å²) in [6.45, 7) is 3.88. The minimum atomic E-state index is -0.372. The minimum Gasteiger partial charge on any atom is -0.497 e. The summed E-state index contributed by atoms with van der Waals surface area (Å²) in [6, 6.07) is 15.0. The van der Waals surface area contributed by atoms with Crippen LogP contribution in [-0.4, -0.2) is 24.4 Å². The molecular formula is C21H23N3O2S. The molecule has 1 atom stereocenters. The normalized spacial score (nSPS) is 16.4. The number of amides is 1. The molecule has 0 unspecified atom stereocenters. The van der Waals surface area contributed by atoms with Crippen LogP contribution in [0.2, 0.25) is 0 Å². The number of methoxy groups -OCH3 is 1. The lowest BCUT2D eigenvalue weighted by molar-refractivity contribution is -0.113. The summed E-state index contributed by atoms with van der Waals surface area (Å²) in [7, 11) is 1.63. The Morgan fingerprint density at radius 1 is 1.15 bits per heavy atom. The average molecular weight is 382 g/mol. The van der Waals surface area contributed by atoms with Gasteiger partial charge in [0.1, 0.15) is 11.8 Å². The first-order valence-electron chi connectivity index (χ1n) is 8.64. The Hall–Kier alpha value is -2.73. The number of aliphatic imine (C=N–C) groups is 1. The van der Waals surface area contributed by atoms with Crippen LogP contribution in [0.1, 0.15) is 24.1 Å². The summed E-state index contributed by atoms with van der Waals surface area (Å²) in [4.78, 5) is 17.9. The van der Waals surface area contributed by atoms with Gasteiger partial charge in [0.2, 0.25) is 0 Å². The van der Waals surface area contributed by atoms with Crippen molar-refractivity contribution in [2.75, 3.05) is 18.7 Å². The summed E-state index contributed by atoms with van der Waals surface area (Å²) >= 11 is 1.52. The van der Waals surface area contributed by atoms with Gasteiger partial charge in [-0.25, -0.2) is 4.99 Å². The molecule has 1 aliphatic rings. The molecule has 0 aliphatic carbocycles. The van der Waals surface area contributed by atoms with Gasteiger partial charge in [0.15, 0.2) is 5.17 Å². The van der Waals surface area contributed by atoms with Gasteiger partial charge in [-0.2, -0.15) is 0 Å². The van der Waals surface area contributed by atoms with Gasteiger partial charge in [0, 0.05) is 11.4 Å². The van der Waals surface area contributed by atoms with E-state index in [1.54, 1.807) is 7.11 Å². The van der Waals surface area contributed by atoms with Gasteiger partial charge in [-0.15, -0.1) is 0 Å². The molecule has 140 valence electrons. The van der Waals surface area contributed by atoms with Gasteiger partial charge in [-0.05, 0) is 49.4 Å². The molecule has 6 heteroatoms. The fraction of sp³-hybridized carbons (Fsp3) is 0.238. The predicted octanol–water partition coefficient (Wildman–Crippen LogP) is 4.28. The van der Waals surface area contributed by atoms with E-state index in [1.165, 1.54) is 11.8 Å². The Kier molecular flexibility index (Phi) is 5.86. The predicted molar refractivity (Wildman–Crippen MR) is 112 cm³/mol. The number of benzene rings is 2. The molecule has 0 fully saturated rings. The van der Waals surface area contributed by atoms with E-state index in [9.17, 15) is 4.79 Å². The van der Waals surface area contributed by atoms with Crippen LogP contribution in [0.25, 0.3) is 0 Å². The maximum Gasteiger partial charge on any atom is 0.255 e. The van der Waals surface area contributed by atoms with Crippen molar-refractivity contribution in [3.63, 3.8) is 0 Å². The molecule has 2 aromatic rings. The summed E-state index contributed by atoms with van der Waals surface area (Å²) in [5, 5.41) is 7.05. The summed E-state index contributed by atoms with van der Waals surface area (Å²) in [5.41, 5.74) is 4.18. The number of thioether (sulfide) groups is 1. The highest BCUT2D eigenvalue weighted by molar-refractivity contribution is 8.13. The molecule has 0 radical (unpaired) electrons. The van der Waals surface area contributed by atoms with Crippen molar-refractivity contribution < 1.29 is 9.53 Å². The first-order chi connectivity index (χ1) is 13.0. The lowest BCUT2D eigenvalue weighted by Crippen LogP contribution is -2.32. The number of anilines is 1. The Labute approximate surface area is 163 Å². The number of ether oxygens (including phenoxy) is 1. The fourth-order valence-corrected chi connectivity index (χ4v) is 3.44. The van der Waals surface area contributed by atoms with Crippen LogP contribution < -0.4 is 15.4 Å². The molecule has 0 saturated carbocycles. The van der Waals surface area contributed by atoms with E-state index in [0.29, 0.717) is 5.57 Å². The Balaban J connectivity index is 1.96. The number of hydrogen-bond donors (Lipinski definition) is 2. The molecule has 1 amide bonds. The number of hydrogen-bond acceptors (Lipinski definition) is 5. The zero-order valence-corrected chi connectivity index (χ0v) is 16.7. The molecule has 1 aliphatic heterocycles. The molecular weight excluding hydrogens is 358 g/mol. The Bertz CT molecular complexity index is 904. The van der Waals surface area contributed by atoms with E-state index in [1.807, 2.05) is 68.6 Å². The second-order valence-corrected chi connectivity index (χ2v) is 7.04. The van der Waals surface area contributed by atoms with Crippen molar-refractivity contribution in [1.29, 1.82) is 0 Å². The summed E-state index contributed by atoms with van der Waals surface area (Å²) in [6.07, 6.45) is 1.96. The second-order valence-electron chi connectivity index (χ2n) is 6.25. The van der Waals surface area contributed by atoms with E-state index in [2.05, 4.69) is 10.6 Å². The number of rotatable bonds is 4. The molecule has 0 saturated heterocycles. The third kappa shape index (κ3) is 4.17.